The lowest BCUT2D eigenvalue weighted by Crippen LogP contribution is -2.31. The maximum Gasteiger partial charge on any atom is -0.0272 e. The van der Waals surface area contributed by atoms with Crippen LogP contribution < -0.4 is 0 Å². The first kappa shape index (κ1) is 5.76. The Morgan fingerprint density at radius 2 is 1.78 bits per heavy atom. The van der Waals surface area contributed by atoms with E-state index in [1.807, 2.05) is 0 Å². The molecule has 0 saturated heterocycles. The Kier molecular flexibility index (Phi) is 1.12. The van der Waals surface area contributed by atoms with Gasteiger partial charge in [-0.15, -0.1) is 0 Å². The molecule has 0 aromatic rings. The van der Waals surface area contributed by atoms with Crippen LogP contribution in [-0.2, 0) is 0 Å². The van der Waals surface area contributed by atoms with Crippen LogP contribution in [0, 0.1) is 11.3 Å². The van der Waals surface area contributed by atoms with Crippen LogP contribution in [0.1, 0.15) is 45.4 Å². The van der Waals surface area contributed by atoms with Gasteiger partial charge in [-0.1, -0.05) is 26.2 Å². The van der Waals surface area contributed by atoms with Crippen LogP contribution in [-0.4, -0.2) is 0 Å². The smallest absolute Gasteiger partial charge is 0.0272 e. The Bertz CT molecular complexity index is 111. The molecule has 1 atom stereocenters. The normalized spacial score (nSPS) is 39.0. The minimum absolute atomic E-state index is 0.875. The lowest BCUT2D eigenvalue weighted by atomic mass is 9.63. The molecule has 0 aromatic heterocycles. The summed E-state index contributed by atoms with van der Waals surface area (Å²) < 4.78 is 0. The van der Waals surface area contributed by atoms with Crippen molar-refractivity contribution < 1.29 is 0 Å². The van der Waals surface area contributed by atoms with Crippen molar-refractivity contribution in [3.05, 3.63) is 0 Å². The van der Waals surface area contributed by atoms with Crippen molar-refractivity contribution in [3.63, 3.8) is 0 Å². The molecular formula is C9H16. The number of rotatable bonds is 0. The summed E-state index contributed by atoms with van der Waals surface area (Å²) in [5.41, 5.74) is 0.875. The quantitative estimate of drug-likeness (QED) is 0.465. The van der Waals surface area contributed by atoms with Gasteiger partial charge in [-0.05, 0) is 30.6 Å². The van der Waals surface area contributed by atoms with Gasteiger partial charge in [-0.25, -0.2) is 0 Å². The molecule has 52 valence electrons. The van der Waals surface area contributed by atoms with E-state index in [0.29, 0.717) is 0 Å². The Labute approximate surface area is 57.6 Å². The molecule has 0 radical (unpaired) electrons. The molecule has 1 spiro atoms. The molecule has 2 aliphatic carbocycles. The first-order valence-corrected chi connectivity index (χ1v) is 4.33. The summed E-state index contributed by atoms with van der Waals surface area (Å²) in [6.07, 6.45) is 9.20. The van der Waals surface area contributed by atoms with E-state index in [1.165, 1.54) is 19.3 Å². The molecule has 0 amide bonds. The monoisotopic (exact) mass is 124 g/mol. The largest absolute Gasteiger partial charge is 0.0620 e. The Balaban J connectivity index is 2.09. The summed E-state index contributed by atoms with van der Waals surface area (Å²) in [6, 6.07) is 0. The summed E-state index contributed by atoms with van der Waals surface area (Å²) in [4.78, 5) is 0. The van der Waals surface area contributed by atoms with E-state index < -0.39 is 0 Å². The zero-order chi connectivity index (χ0) is 6.32. The molecular weight excluding hydrogens is 108 g/mol. The van der Waals surface area contributed by atoms with Crippen molar-refractivity contribution >= 4 is 0 Å². The number of hydrogen-bond donors (Lipinski definition) is 0. The third kappa shape index (κ3) is 0.653. The molecule has 0 bridgehead atoms. The molecule has 0 N–H and O–H groups in total. The Hall–Kier alpha value is 0. The van der Waals surface area contributed by atoms with E-state index in [1.54, 1.807) is 19.3 Å². The molecule has 2 rings (SSSR count). The van der Waals surface area contributed by atoms with Crippen LogP contribution >= 0.6 is 0 Å². The highest BCUT2D eigenvalue weighted by molar-refractivity contribution is 4.95. The summed E-state index contributed by atoms with van der Waals surface area (Å²) >= 11 is 0. The van der Waals surface area contributed by atoms with Gasteiger partial charge in [0.2, 0.25) is 0 Å². The van der Waals surface area contributed by atoms with Crippen LogP contribution in [0.25, 0.3) is 0 Å². The molecule has 9 heavy (non-hydrogen) atoms. The molecule has 2 aliphatic rings. The van der Waals surface area contributed by atoms with Gasteiger partial charge in [-0.2, -0.15) is 0 Å². The molecule has 2 saturated carbocycles. The molecule has 1 unspecified atom stereocenters. The molecule has 0 nitrogen and oxygen atoms in total. The standard InChI is InChI=1S/C9H16/c1-8-4-2-5-9(8)6-3-7-9/h8H,2-7H2,1H3. The first-order chi connectivity index (χ1) is 4.33. The highest BCUT2D eigenvalue weighted by Crippen LogP contribution is 2.56. The van der Waals surface area contributed by atoms with Gasteiger partial charge in [0.05, 0.1) is 0 Å². The Morgan fingerprint density at radius 3 is 2.00 bits per heavy atom. The Morgan fingerprint density at radius 1 is 1.11 bits per heavy atom. The lowest BCUT2D eigenvalue weighted by Gasteiger charge is -2.42. The summed E-state index contributed by atoms with van der Waals surface area (Å²) in [5.74, 6) is 1.06. The molecule has 0 heteroatoms. The van der Waals surface area contributed by atoms with Gasteiger partial charge in [-0.3, -0.25) is 0 Å². The zero-order valence-corrected chi connectivity index (χ0v) is 6.32. The van der Waals surface area contributed by atoms with E-state index >= 15 is 0 Å². The van der Waals surface area contributed by atoms with Crippen molar-refractivity contribution in [1.29, 1.82) is 0 Å². The zero-order valence-electron chi connectivity index (χ0n) is 6.32. The minimum atomic E-state index is 0.875. The van der Waals surface area contributed by atoms with E-state index in [2.05, 4.69) is 6.92 Å². The van der Waals surface area contributed by atoms with Crippen LogP contribution in [0.5, 0.6) is 0 Å². The number of hydrogen-bond acceptors (Lipinski definition) is 0. The van der Waals surface area contributed by atoms with Crippen LogP contribution in [0.4, 0.5) is 0 Å². The topological polar surface area (TPSA) is 0 Å². The third-order valence-electron chi connectivity index (χ3n) is 3.71. The van der Waals surface area contributed by atoms with Crippen molar-refractivity contribution in [2.45, 2.75) is 45.4 Å². The van der Waals surface area contributed by atoms with Gasteiger partial charge in [0.25, 0.3) is 0 Å². The summed E-state index contributed by atoms with van der Waals surface area (Å²) in [6.45, 7) is 2.45. The first-order valence-electron chi connectivity index (χ1n) is 4.33. The molecule has 2 fully saturated rings. The van der Waals surface area contributed by atoms with E-state index in [4.69, 9.17) is 0 Å². The fourth-order valence-corrected chi connectivity index (χ4v) is 2.69. The predicted molar refractivity (Wildman–Crippen MR) is 39.3 cm³/mol. The highest BCUT2D eigenvalue weighted by Gasteiger charge is 2.44. The SMILES string of the molecule is CC1CCCC12CCC2. The summed E-state index contributed by atoms with van der Waals surface area (Å²) in [5, 5.41) is 0. The second-order valence-electron chi connectivity index (χ2n) is 4.01. The van der Waals surface area contributed by atoms with Crippen molar-refractivity contribution in [1.82, 2.24) is 0 Å². The molecule has 0 heterocycles. The maximum atomic E-state index is 2.45. The third-order valence-corrected chi connectivity index (χ3v) is 3.71. The summed E-state index contributed by atoms with van der Waals surface area (Å²) in [7, 11) is 0. The van der Waals surface area contributed by atoms with Gasteiger partial charge < -0.3 is 0 Å². The van der Waals surface area contributed by atoms with Gasteiger partial charge in [0, 0.05) is 0 Å². The van der Waals surface area contributed by atoms with Gasteiger partial charge in [0.15, 0.2) is 0 Å². The van der Waals surface area contributed by atoms with Crippen molar-refractivity contribution in [2.75, 3.05) is 0 Å². The van der Waals surface area contributed by atoms with E-state index in [9.17, 15) is 0 Å². The van der Waals surface area contributed by atoms with Crippen molar-refractivity contribution in [2.24, 2.45) is 11.3 Å². The molecule has 0 aromatic carbocycles. The fraction of sp³-hybridized carbons (Fsp3) is 1.00. The second kappa shape index (κ2) is 1.74. The van der Waals surface area contributed by atoms with Crippen LogP contribution in [0.3, 0.4) is 0 Å². The molecule has 0 aliphatic heterocycles. The fourth-order valence-electron chi connectivity index (χ4n) is 2.69. The average molecular weight is 124 g/mol. The highest BCUT2D eigenvalue weighted by atomic mass is 14.5. The van der Waals surface area contributed by atoms with E-state index in [-0.39, 0.29) is 0 Å². The average Bonchev–Trinajstić information content (AvgIpc) is 2.07. The predicted octanol–water partition coefficient (Wildman–Crippen LogP) is 2.98. The van der Waals surface area contributed by atoms with Crippen LogP contribution in [0.2, 0.25) is 0 Å². The van der Waals surface area contributed by atoms with Crippen LogP contribution in [0.15, 0.2) is 0 Å². The van der Waals surface area contributed by atoms with Crippen molar-refractivity contribution in [3.8, 4) is 0 Å². The maximum absolute atomic E-state index is 2.45. The minimum Gasteiger partial charge on any atom is -0.0620 e. The van der Waals surface area contributed by atoms with E-state index in [0.717, 1.165) is 11.3 Å². The van der Waals surface area contributed by atoms with Gasteiger partial charge >= 0.3 is 0 Å². The van der Waals surface area contributed by atoms with Gasteiger partial charge in [0.1, 0.15) is 0 Å². The second-order valence-corrected chi connectivity index (χ2v) is 4.01. The lowest BCUT2D eigenvalue weighted by molar-refractivity contribution is 0.0886.